The predicted octanol–water partition coefficient (Wildman–Crippen LogP) is 3.12. The van der Waals surface area contributed by atoms with E-state index in [-0.39, 0.29) is 0 Å². The molecule has 0 saturated carbocycles. The molecule has 2 N–H and O–H groups in total. The van der Waals surface area contributed by atoms with E-state index in [0.717, 1.165) is 17.3 Å². The molecule has 1 heterocycles. The molecule has 0 aliphatic carbocycles. The Balaban J connectivity index is 2.73. The first-order valence-electron chi connectivity index (χ1n) is 3.87. The fraction of sp³-hybridized carbons (Fsp3) is 0.222. The molecule has 2 nitrogen and oxygen atoms in total. The van der Waals surface area contributed by atoms with Gasteiger partial charge in [0.25, 0.3) is 0 Å². The smallest absolute Gasteiger partial charge is 0.151 e. The maximum Gasteiger partial charge on any atom is 0.151 e. The maximum absolute atomic E-state index is 5.67. The molecule has 13 heavy (non-hydrogen) atoms. The van der Waals surface area contributed by atoms with E-state index in [9.17, 15) is 0 Å². The van der Waals surface area contributed by atoms with Crippen LogP contribution >= 0.6 is 27.5 Å². The monoisotopic (exact) mass is 260 g/mol. The van der Waals surface area contributed by atoms with Crippen LogP contribution in [0.15, 0.2) is 18.3 Å². The fourth-order valence-electron chi connectivity index (χ4n) is 0.856. The molecule has 1 aromatic heterocycles. The minimum absolute atomic E-state index is 0.359. The summed E-state index contributed by atoms with van der Waals surface area (Å²) in [5.74, 6) is 0. The Bertz CT molecular complexity index is 312. The van der Waals surface area contributed by atoms with Gasteiger partial charge >= 0.3 is 0 Å². The number of halogens is 2. The molecule has 0 radical (unpaired) electrons. The normalized spacial score (nSPS) is 10.9. The fourth-order valence-corrected chi connectivity index (χ4v) is 1.22. The number of hydrogen-bond acceptors (Lipinski definition) is 2. The molecular formula is C9H10BrClN2. The minimum atomic E-state index is 0.359. The Morgan fingerprint density at radius 2 is 2.38 bits per heavy atom. The van der Waals surface area contributed by atoms with Gasteiger partial charge in [0.2, 0.25) is 0 Å². The van der Waals surface area contributed by atoms with E-state index in [1.165, 1.54) is 0 Å². The molecule has 0 atom stereocenters. The lowest BCUT2D eigenvalue weighted by molar-refractivity contribution is 1.26. The lowest BCUT2D eigenvalue weighted by Gasteiger charge is -1.97. The van der Waals surface area contributed by atoms with Crippen LogP contribution in [0.3, 0.4) is 0 Å². The summed E-state index contributed by atoms with van der Waals surface area (Å²) in [6, 6.07) is 1.81. The molecule has 0 amide bonds. The van der Waals surface area contributed by atoms with Crippen LogP contribution in [0.25, 0.3) is 6.08 Å². The molecule has 70 valence electrons. The molecular weight excluding hydrogens is 251 g/mol. The topological polar surface area (TPSA) is 38.9 Å². The van der Waals surface area contributed by atoms with Gasteiger partial charge in [-0.3, -0.25) is 0 Å². The third-order valence-electron chi connectivity index (χ3n) is 1.47. The highest BCUT2D eigenvalue weighted by atomic mass is 79.9. The van der Waals surface area contributed by atoms with Gasteiger partial charge in [0.1, 0.15) is 0 Å². The Morgan fingerprint density at radius 1 is 1.62 bits per heavy atom. The van der Waals surface area contributed by atoms with Gasteiger partial charge in [-0.05, 0) is 18.1 Å². The van der Waals surface area contributed by atoms with Crippen LogP contribution in [0.4, 0.5) is 5.69 Å². The summed E-state index contributed by atoms with van der Waals surface area (Å²) in [6.45, 7) is 0. The highest BCUT2D eigenvalue weighted by molar-refractivity contribution is 9.09. The van der Waals surface area contributed by atoms with Crippen LogP contribution in [-0.2, 0) is 0 Å². The van der Waals surface area contributed by atoms with Crippen molar-refractivity contribution in [2.24, 2.45) is 0 Å². The van der Waals surface area contributed by atoms with Crippen molar-refractivity contribution in [1.82, 2.24) is 4.98 Å². The van der Waals surface area contributed by atoms with E-state index < -0.39 is 0 Å². The van der Waals surface area contributed by atoms with Crippen molar-refractivity contribution in [3.63, 3.8) is 0 Å². The van der Waals surface area contributed by atoms with Crippen LogP contribution in [-0.4, -0.2) is 10.3 Å². The first-order chi connectivity index (χ1) is 6.24. The number of allylic oxidation sites excluding steroid dienone is 1. The van der Waals surface area contributed by atoms with Crippen molar-refractivity contribution in [1.29, 1.82) is 0 Å². The summed E-state index contributed by atoms with van der Waals surface area (Å²) < 4.78 is 0. The summed E-state index contributed by atoms with van der Waals surface area (Å²) in [5.41, 5.74) is 7.08. The van der Waals surface area contributed by atoms with Gasteiger partial charge in [-0.25, -0.2) is 4.98 Å². The Kier molecular flexibility index (Phi) is 4.25. The molecule has 0 unspecified atom stereocenters. The third kappa shape index (κ3) is 3.36. The number of pyridine rings is 1. The van der Waals surface area contributed by atoms with Gasteiger partial charge in [0, 0.05) is 11.5 Å². The molecule has 0 fully saturated rings. The molecule has 0 bridgehead atoms. The molecule has 1 aromatic rings. The Morgan fingerprint density at radius 3 is 3.00 bits per heavy atom. The zero-order chi connectivity index (χ0) is 9.68. The first kappa shape index (κ1) is 10.5. The number of nitrogens with zero attached hydrogens (tertiary/aromatic N) is 1. The molecule has 0 aliphatic rings. The molecule has 4 heteroatoms. The third-order valence-corrected chi connectivity index (χ3v) is 2.25. The second-order valence-corrected chi connectivity index (χ2v) is 3.68. The lowest BCUT2D eigenvalue weighted by atomic mass is 10.2. The number of nitrogens with two attached hydrogens (primary N) is 1. The van der Waals surface area contributed by atoms with Crippen LogP contribution in [0.5, 0.6) is 0 Å². The standard InChI is InChI=1S/C9H10BrClN2/c10-4-2-1-3-7-5-8(12)9(11)13-6-7/h1,3,5-6H,2,4,12H2. The second kappa shape index (κ2) is 5.25. The quantitative estimate of drug-likeness (QED) is 0.671. The zero-order valence-corrected chi connectivity index (χ0v) is 9.35. The van der Waals surface area contributed by atoms with E-state index in [0.29, 0.717) is 10.8 Å². The Hall–Kier alpha value is -0.540. The van der Waals surface area contributed by atoms with Crippen molar-refractivity contribution >= 4 is 39.3 Å². The second-order valence-electron chi connectivity index (χ2n) is 2.53. The van der Waals surface area contributed by atoms with Crippen molar-refractivity contribution in [3.8, 4) is 0 Å². The van der Waals surface area contributed by atoms with E-state index in [2.05, 4.69) is 27.0 Å². The van der Waals surface area contributed by atoms with Crippen LogP contribution in [0, 0.1) is 0 Å². The zero-order valence-electron chi connectivity index (χ0n) is 7.00. The number of alkyl halides is 1. The number of hydrogen-bond donors (Lipinski definition) is 1. The summed E-state index contributed by atoms with van der Waals surface area (Å²) >= 11 is 9.01. The molecule has 0 spiro atoms. The summed E-state index contributed by atoms with van der Waals surface area (Å²) in [7, 11) is 0. The van der Waals surface area contributed by atoms with Gasteiger partial charge < -0.3 is 5.73 Å². The van der Waals surface area contributed by atoms with E-state index in [1.807, 2.05) is 6.08 Å². The molecule has 0 saturated heterocycles. The SMILES string of the molecule is Nc1cc(C=CCCBr)cnc1Cl. The molecule has 0 aliphatic heterocycles. The largest absolute Gasteiger partial charge is 0.396 e. The minimum Gasteiger partial charge on any atom is -0.396 e. The van der Waals surface area contributed by atoms with Crippen molar-refractivity contribution in [3.05, 3.63) is 29.1 Å². The van der Waals surface area contributed by atoms with Gasteiger partial charge in [-0.15, -0.1) is 0 Å². The molecule has 1 rings (SSSR count). The summed E-state index contributed by atoms with van der Waals surface area (Å²) in [5, 5.41) is 1.32. The van der Waals surface area contributed by atoms with E-state index in [1.54, 1.807) is 12.3 Å². The summed E-state index contributed by atoms with van der Waals surface area (Å²) in [4.78, 5) is 3.93. The number of anilines is 1. The van der Waals surface area contributed by atoms with Gasteiger partial charge in [0.15, 0.2) is 5.15 Å². The van der Waals surface area contributed by atoms with Crippen LogP contribution in [0.2, 0.25) is 5.15 Å². The molecule has 0 aromatic carbocycles. The Labute approximate surface area is 90.9 Å². The van der Waals surface area contributed by atoms with E-state index in [4.69, 9.17) is 17.3 Å². The highest BCUT2D eigenvalue weighted by Crippen LogP contribution is 2.16. The lowest BCUT2D eigenvalue weighted by Crippen LogP contribution is -1.89. The van der Waals surface area contributed by atoms with Crippen molar-refractivity contribution < 1.29 is 0 Å². The number of rotatable bonds is 3. The van der Waals surface area contributed by atoms with Gasteiger partial charge in [0.05, 0.1) is 5.69 Å². The van der Waals surface area contributed by atoms with Crippen molar-refractivity contribution in [2.45, 2.75) is 6.42 Å². The first-order valence-corrected chi connectivity index (χ1v) is 5.37. The summed E-state index contributed by atoms with van der Waals surface area (Å²) in [6.07, 6.45) is 6.71. The van der Waals surface area contributed by atoms with Crippen molar-refractivity contribution in [2.75, 3.05) is 11.1 Å². The average molecular weight is 262 g/mol. The van der Waals surface area contributed by atoms with E-state index >= 15 is 0 Å². The maximum atomic E-state index is 5.67. The number of nitrogen functional groups attached to an aromatic ring is 1. The number of aromatic nitrogens is 1. The average Bonchev–Trinajstić information content (AvgIpc) is 2.12. The van der Waals surface area contributed by atoms with Gasteiger partial charge in [-0.1, -0.05) is 39.7 Å². The van der Waals surface area contributed by atoms with Crippen LogP contribution in [0.1, 0.15) is 12.0 Å². The predicted molar refractivity (Wildman–Crippen MR) is 61.1 cm³/mol. The highest BCUT2D eigenvalue weighted by Gasteiger charge is 1.96. The van der Waals surface area contributed by atoms with Gasteiger partial charge in [-0.2, -0.15) is 0 Å². The van der Waals surface area contributed by atoms with Crippen LogP contribution < -0.4 is 5.73 Å².